The topological polar surface area (TPSA) is 83.5 Å². The van der Waals surface area contributed by atoms with E-state index in [9.17, 15) is 13.2 Å². The van der Waals surface area contributed by atoms with Crippen LogP contribution in [0.3, 0.4) is 0 Å². The van der Waals surface area contributed by atoms with Crippen molar-refractivity contribution < 1.29 is 18.3 Å². The quantitative estimate of drug-likeness (QED) is 0.279. The highest BCUT2D eigenvalue weighted by atomic mass is 127. The maximum absolute atomic E-state index is 12.4. The average Bonchev–Trinajstić information content (AvgIpc) is 3.02. The van der Waals surface area contributed by atoms with Crippen molar-refractivity contribution in [3.05, 3.63) is 51.0 Å². The van der Waals surface area contributed by atoms with Crippen LogP contribution in [0.2, 0.25) is 0 Å². The third-order valence-corrected chi connectivity index (χ3v) is 6.43. The largest absolute Gasteiger partial charge is 0.481 e. The van der Waals surface area contributed by atoms with E-state index in [4.69, 9.17) is 5.11 Å². The molecule has 0 aliphatic heterocycles. The van der Waals surface area contributed by atoms with Crippen LogP contribution in [0.1, 0.15) is 50.5 Å². The van der Waals surface area contributed by atoms with Crippen LogP contribution in [-0.2, 0) is 14.8 Å². The number of carbonyl (C=O) groups is 1. The minimum Gasteiger partial charge on any atom is -0.481 e. The molecule has 2 unspecified atom stereocenters. The number of halogens is 1. The van der Waals surface area contributed by atoms with Gasteiger partial charge in [-0.1, -0.05) is 30.7 Å². The highest BCUT2D eigenvalue weighted by molar-refractivity contribution is 14.1. The minimum absolute atomic E-state index is 0.0424. The molecule has 0 spiro atoms. The van der Waals surface area contributed by atoms with E-state index in [0.29, 0.717) is 12.3 Å². The Labute approximate surface area is 175 Å². The average molecular weight is 503 g/mol. The number of allylic oxidation sites excluding steroid dienone is 2. The van der Waals surface area contributed by atoms with Crippen molar-refractivity contribution in [2.24, 2.45) is 5.92 Å². The Morgan fingerprint density at radius 3 is 2.85 bits per heavy atom. The van der Waals surface area contributed by atoms with Gasteiger partial charge in [-0.2, -0.15) is 0 Å². The monoisotopic (exact) mass is 503 g/mol. The maximum atomic E-state index is 12.4. The van der Waals surface area contributed by atoms with Crippen LogP contribution in [0.5, 0.6) is 0 Å². The summed E-state index contributed by atoms with van der Waals surface area (Å²) >= 11 is 2.20. The summed E-state index contributed by atoms with van der Waals surface area (Å²) in [7, 11) is -3.48. The Hall–Kier alpha value is -1.19. The molecule has 5 nitrogen and oxygen atoms in total. The molecule has 2 N–H and O–H groups in total. The third kappa shape index (κ3) is 8.57. The molecule has 27 heavy (non-hydrogen) atoms. The standard InChI is InChI=1S/C20H26INO4S/c21-18-10-5-7-16(15-18)13-14-27(25,26)22-19-11-6-9-17(19)8-3-1-2-4-12-20(23)24/h1,3,5,7,10,13-15,17,19,22H,2,4,6,8-9,11-12H2,(H,23,24). The van der Waals surface area contributed by atoms with E-state index in [1.807, 2.05) is 30.3 Å². The number of aliphatic carboxylic acids is 1. The zero-order valence-corrected chi connectivity index (χ0v) is 18.2. The first-order chi connectivity index (χ1) is 12.9. The van der Waals surface area contributed by atoms with Gasteiger partial charge in [-0.05, 0) is 84.4 Å². The molecule has 0 radical (unpaired) electrons. The molecule has 2 atom stereocenters. The zero-order valence-electron chi connectivity index (χ0n) is 15.2. The SMILES string of the molecule is O=C(O)CCCC=CCC1CCCC1NS(=O)(=O)C=Cc1cccc(I)c1. The van der Waals surface area contributed by atoms with Crippen LogP contribution in [0.25, 0.3) is 6.08 Å². The normalized spacial score (nSPS) is 20.6. The molecule has 0 heterocycles. The van der Waals surface area contributed by atoms with Crippen LogP contribution in [0.15, 0.2) is 41.8 Å². The smallest absolute Gasteiger partial charge is 0.303 e. The number of rotatable bonds is 10. The summed E-state index contributed by atoms with van der Waals surface area (Å²) in [6.07, 6.45) is 10.9. The van der Waals surface area contributed by atoms with E-state index in [1.54, 1.807) is 6.08 Å². The van der Waals surface area contributed by atoms with Gasteiger partial charge in [0, 0.05) is 21.4 Å². The predicted molar refractivity (Wildman–Crippen MR) is 117 cm³/mol. The summed E-state index contributed by atoms with van der Waals surface area (Å²) in [4.78, 5) is 10.5. The Kier molecular flexibility index (Phi) is 8.98. The van der Waals surface area contributed by atoms with Crippen molar-refractivity contribution in [1.82, 2.24) is 4.72 Å². The van der Waals surface area contributed by atoms with Crippen molar-refractivity contribution in [3.8, 4) is 0 Å². The molecular weight excluding hydrogens is 477 g/mol. The lowest BCUT2D eigenvalue weighted by Crippen LogP contribution is -2.36. The van der Waals surface area contributed by atoms with E-state index in [2.05, 4.69) is 33.4 Å². The second-order valence-electron chi connectivity index (χ2n) is 6.81. The van der Waals surface area contributed by atoms with Crippen molar-refractivity contribution >= 4 is 44.7 Å². The van der Waals surface area contributed by atoms with Gasteiger partial charge in [0.25, 0.3) is 0 Å². The number of hydrogen-bond donors (Lipinski definition) is 2. The molecule has 0 amide bonds. The van der Waals surface area contributed by atoms with Gasteiger partial charge in [0.2, 0.25) is 10.0 Å². The van der Waals surface area contributed by atoms with Gasteiger partial charge < -0.3 is 5.11 Å². The lowest BCUT2D eigenvalue weighted by Gasteiger charge is -2.18. The molecule has 0 aromatic heterocycles. The highest BCUT2D eigenvalue weighted by Gasteiger charge is 2.28. The van der Waals surface area contributed by atoms with Crippen molar-refractivity contribution in [2.75, 3.05) is 0 Å². The van der Waals surface area contributed by atoms with Gasteiger partial charge in [-0.15, -0.1) is 0 Å². The summed E-state index contributed by atoms with van der Waals surface area (Å²) in [6, 6.07) is 7.63. The van der Waals surface area contributed by atoms with Gasteiger partial charge in [0.15, 0.2) is 0 Å². The molecule has 1 aromatic carbocycles. The first-order valence-corrected chi connectivity index (χ1v) is 11.8. The fraction of sp³-hybridized carbons (Fsp3) is 0.450. The number of carboxylic acids is 1. The Balaban J connectivity index is 1.85. The zero-order chi connectivity index (χ0) is 19.7. The van der Waals surface area contributed by atoms with E-state index in [-0.39, 0.29) is 12.5 Å². The molecule has 7 heteroatoms. The van der Waals surface area contributed by atoms with Crippen LogP contribution in [0, 0.1) is 9.49 Å². The second kappa shape index (κ2) is 11.0. The molecule has 1 fully saturated rings. The van der Waals surface area contributed by atoms with Gasteiger partial charge in [-0.25, -0.2) is 13.1 Å². The fourth-order valence-corrected chi connectivity index (χ4v) is 4.98. The first kappa shape index (κ1) is 22.1. The Morgan fingerprint density at radius 2 is 2.11 bits per heavy atom. The van der Waals surface area contributed by atoms with Crippen molar-refractivity contribution in [3.63, 3.8) is 0 Å². The second-order valence-corrected chi connectivity index (χ2v) is 9.65. The number of benzene rings is 1. The van der Waals surface area contributed by atoms with Crippen molar-refractivity contribution in [1.29, 1.82) is 0 Å². The molecule has 1 aliphatic rings. The maximum Gasteiger partial charge on any atom is 0.303 e. The summed E-state index contributed by atoms with van der Waals surface area (Å²) < 4.78 is 28.7. The molecule has 2 rings (SSSR count). The molecule has 0 bridgehead atoms. The molecular formula is C20H26INO4S. The van der Waals surface area contributed by atoms with E-state index < -0.39 is 16.0 Å². The summed E-state index contributed by atoms with van der Waals surface area (Å²) in [5.41, 5.74) is 0.861. The number of sulfonamides is 1. The number of hydrogen-bond acceptors (Lipinski definition) is 3. The van der Waals surface area contributed by atoms with Gasteiger partial charge >= 0.3 is 5.97 Å². The van der Waals surface area contributed by atoms with Crippen LogP contribution in [-0.4, -0.2) is 25.5 Å². The Morgan fingerprint density at radius 1 is 1.30 bits per heavy atom. The molecule has 1 aromatic rings. The third-order valence-electron chi connectivity index (χ3n) is 4.63. The lowest BCUT2D eigenvalue weighted by atomic mass is 10.00. The van der Waals surface area contributed by atoms with E-state index >= 15 is 0 Å². The Bertz CT molecular complexity index is 789. The predicted octanol–water partition coefficient (Wildman–Crippen LogP) is 4.55. The van der Waals surface area contributed by atoms with Crippen LogP contribution in [0.4, 0.5) is 0 Å². The molecule has 148 valence electrons. The molecule has 1 saturated carbocycles. The van der Waals surface area contributed by atoms with Gasteiger partial charge in [-0.3, -0.25) is 4.79 Å². The minimum atomic E-state index is -3.48. The fourth-order valence-electron chi connectivity index (χ4n) is 3.26. The summed E-state index contributed by atoms with van der Waals surface area (Å²) in [5.74, 6) is -0.478. The van der Waals surface area contributed by atoms with Gasteiger partial charge in [0.1, 0.15) is 0 Å². The molecule has 0 saturated heterocycles. The summed E-state index contributed by atoms with van der Waals surface area (Å²) in [6.45, 7) is 0. The molecule has 1 aliphatic carbocycles. The number of nitrogens with one attached hydrogen (secondary N) is 1. The number of carboxylic acid groups (broad SMARTS) is 1. The van der Waals surface area contributed by atoms with Crippen LogP contribution < -0.4 is 4.72 Å². The number of unbranched alkanes of at least 4 members (excludes halogenated alkanes) is 1. The van der Waals surface area contributed by atoms with E-state index in [1.165, 1.54) is 5.41 Å². The lowest BCUT2D eigenvalue weighted by molar-refractivity contribution is -0.137. The first-order valence-electron chi connectivity index (χ1n) is 9.18. The summed E-state index contributed by atoms with van der Waals surface area (Å²) in [5, 5.41) is 9.87. The van der Waals surface area contributed by atoms with Gasteiger partial charge in [0.05, 0.1) is 0 Å². The van der Waals surface area contributed by atoms with E-state index in [0.717, 1.165) is 41.2 Å². The van der Waals surface area contributed by atoms with Crippen LogP contribution >= 0.6 is 22.6 Å². The van der Waals surface area contributed by atoms with Crippen molar-refractivity contribution in [2.45, 2.75) is 51.0 Å². The highest BCUT2D eigenvalue weighted by Crippen LogP contribution is 2.29.